The summed E-state index contributed by atoms with van der Waals surface area (Å²) in [6.45, 7) is 5.35. The summed E-state index contributed by atoms with van der Waals surface area (Å²) in [5, 5.41) is 3.53. The lowest BCUT2D eigenvalue weighted by atomic mass is 9.96. The molecule has 0 aliphatic carbocycles. The Hall–Kier alpha value is -0.0600. The van der Waals surface area contributed by atoms with E-state index >= 15 is 0 Å². The highest BCUT2D eigenvalue weighted by Gasteiger charge is 2.16. The van der Waals surface area contributed by atoms with E-state index in [1.165, 1.54) is 11.6 Å². The number of hydrogen-bond donors (Lipinski definition) is 1. The molecule has 0 spiro atoms. The number of rotatable bonds is 7. The van der Waals surface area contributed by atoms with Crippen LogP contribution in [0.3, 0.4) is 0 Å². The highest BCUT2D eigenvalue weighted by molar-refractivity contribution is 9.10. The summed E-state index contributed by atoms with van der Waals surface area (Å²) in [6, 6.07) is 5.73. The first-order chi connectivity index (χ1) is 8.58. The van der Waals surface area contributed by atoms with Crippen LogP contribution in [0.15, 0.2) is 22.7 Å². The van der Waals surface area contributed by atoms with Crippen molar-refractivity contribution < 1.29 is 4.39 Å². The van der Waals surface area contributed by atoms with Gasteiger partial charge in [0.1, 0.15) is 5.82 Å². The van der Waals surface area contributed by atoms with Crippen LogP contribution in [-0.2, 0) is 6.42 Å². The minimum atomic E-state index is -0.198. The third-order valence-corrected chi connectivity index (χ3v) is 4.49. The second-order valence-electron chi connectivity index (χ2n) is 4.55. The van der Waals surface area contributed by atoms with Crippen LogP contribution in [0.5, 0.6) is 0 Å². The summed E-state index contributed by atoms with van der Waals surface area (Å²) in [7, 11) is 0. The number of likely N-dealkylation sites (N-methyl/N-ethyl adjacent to an activating group) is 1. The molecule has 102 valence electrons. The Morgan fingerprint density at radius 1 is 1.44 bits per heavy atom. The van der Waals surface area contributed by atoms with Crippen molar-refractivity contribution in [2.45, 2.75) is 26.3 Å². The smallest absolute Gasteiger partial charge is 0.137 e. The van der Waals surface area contributed by atoms with Gasteiger partial charge in [-0.2, -0.15) is 11.8 Å². The molecule has 1 N–H and O–H groups in total. The first kappa shape index (κ1) is 16.0. The summed E-state index contributed by atoms with van der Waals surface area (Å²) >= 11 is 5.11. The average Bonchev–Trinajstić information content (AvgIpc) is 2.33. The van der Waals surface area contributed by atoms with Gasteiger partial charge in [-0.15, -0.1) is 0 Å². The molecule has 1 aromatic carbocycles. The largest absolute Gasteiger partial charge is 0.314 e. The zero-order chi connectivity index (χ0) is 13.5. The maximum atomic E-state index is 13.2. The van der Waals surface area contributed by atoms with Gasteiger partial charge in [-0.3, -0.25) is 0 Å². The molecule has 0 amide bonds. The highest BCUT2D eigenvalue weighted by atomic mass is 79.9. The molecule has 0 radical (unpaired) electrons. The lowest BCUT2D eigenvalue weighted by molar-refractivity contribution is 0.410. The zero-order valence-electron chi connectivity index (χ0n) is 11.2. The Labute approximate surface area is 122 Å². The van der Waals surface area contributed by atoms with E-state index in [0.717, 1.165) is 18.7 Å². The molecular formula is C14H21BrFNS. The van der Waals surface area contributed by atoms with Crippen LogP contribution in [-0.4, -0.2) is 24.6 Å². The molecule has 0 fully saturated rings. The molecule has 2 unspecified atom stereocenters. The van der Waals surface area contributed by atoms with Crippen molar-refractivity contribution >= 4 is 27.7 Å². The van der Waals surface area contributed by atoms with Gasteiger partial charge in [0.15, 0.2) is 0 Å². The van der Waals surface area contributed by atoms with Crippen molar-refractivity contribution in [2.75, 3.05) is 18.6 Å². The molecule has 4 heteroatoms. The molecule has 0 aromatic heterocycles. The molecule has 0 saturated carbocycles. The first-order valence-corrected chi connectivity index (χ1v) is 8.43. The zero-order valence-corrected chi connectivity index (χ0v) is 13.6. The summed E-state index contributed by atoms with van der Waals surface area (Å²) in [5.74, 6) is 1.54. The minimum absolute atomic E-state index is 0.198. The second-order valence-corrected chi connectivity index (χ2v) is 6.31. The van der Waals surface area contributed by atoms with Crippen molar-refractivity contribution in [3.8, 4) is 0 Å². The van der Waals surface area contributed by atoms with Crippen LogP contribution < -0.4 is 5.32 Å². The van der Waals surface area contributed by atoms with Crippen LogP contribution in [0, 0.1) is 11.7 Å². The van der Waals surface area contributed by atoms with E-state index in [0.29, 0.717) is 16.4 Å². The van der Waals surface area contributed by atoms with E-state index in [9.17, 15) is 4.39 Å². The van der Waals surface area contributed by atoms with Crippen molar-refractivity contribution in [3.05, 3.63) is 34.1 Å². The van der Waals surface area contributed by atoms with Gasteiger partial charge in [0.05, 0.1) is 4.47 Å². The molecule has 18 heavy (non-hydrogen) atoms. The summed E-state index contributed by atoms with van der Waals surface area (Å²) in [5.41, 5.74) is 1.17. The lowest BCUT2D eigenvalue weighted by Gasteiger charge is -2.24. The summed E-state index contributed by atoms with van der Waals surface area (Å²) in [4.78, 5) is 0. The van der Waals surface area contributed by atoms with Crippen LogP contribution in [0.25, 0.3) is 0 Å². The van der Waals surface area contributed by atoms with E-state index in [1.54, 1.807) is 0 Å². The van der Waals surface area contributed by atoms with Gasteiger partial charge in [-0.25, -0.2) is 4.39 Å². The molecule has 0 saturated heterocycles. The van der Waals surface area contributed by atoms with E-state index in [4.69, 9.17) is 0 Å². The molecule has 0 aliphatic heterocycles. The molecular weight excluding hydrogens is 313 g/mol. The summed E-state index contributed by atoms with van der Waals surface area (Å²) < 4.78 is 13.7. The fourth-order valence-electron chi connectivity index (χ4n) is 2.04. The Morgan fingerprint density at radius 2 is 2.17 bits per heavy atom. The van der Waals surface area contributed by atoms with Crippen LogP contribution >= 0.6 is 27.7 Å². The standard InChI is InChI=1S/C14H21BrFNS/c1-4-17-14(10(2)9-18-3)8-11-5-6-13(16)12(15)7-11/h5-7,10,14,17H,4,8-9H2,1-3H3. The van der Waals surface area contributed by atoms with Crippen LogP contribution in [0.1, 0.15) is 19.4 Å². The number of nitrogens with one attached hydrogen (secondary N) is 1. The Balaban J connectivity index is 2.72. The fraction of sp³-hybridized carbons (Fsp3) is 0.571. The number of thioether (sulfide) groups is 1. The van der Waals surface area contributed by atoms with Gasteiger partial charge in [-0.1, -0.05) is 19.9 Å². The maximum absolute atomic E-state index is 13.2. The molecule has 2 atom stereocenters. The minimum Gasteiger partial charge on any atom is -0.314 e. The number of hydrogen-bond acceptors (Lipinski definition) is 2. The molecule has 1 aromatic rings. The Morgan fingerprint density at radius 3 is 2.72 bits per heavy atom. The molecule has 0 aliphatic rings. The Kier molecular flexibility index (Phi) is 7.27. The van der Waals surface area contributed by atoms with Gasteiger partial charge in [0.2, 0.25) is 0 Å². The average molecular weight is 334 g/mol. The van der Waals surface area contributed by atoms with Crippen molar-refractivity contribution in [1.82, 2.24) is 5.32 Å². The highest BCUT2D eigenvalue weighted by Crippen LogP contribution is 2.20. The number of halogens is 2. The van der Waals surface area contributed by atoms with E-state index in [-0.39, 0.29) is 5.82 Å². The quantitative estimate of drug-likeness (QED) is 0.805. The maximum Gasteiger partial charge on any atom is 0.137 e. The predicted octanol–water partition coefficient (Wildman–Crippen LogP) is 4.11. The number of benzene rings is 1. The van der Waals surface area contributed by atoms with E-state index < -0.39 is 0 Å². The first-order valence-electron chi connectivity index (χ1n) is 6.24. The third kappa shape index (κ3) is 4.90. The monoisotopic (exact) mass is 333 g/mol. The van der Waals surface area contributed by atoms with Gasteiger partial charge >= 0.3 is 0 Å². The topological polar surface area (TPSA) is 12.0 Å². The van der Waals surface area contributed by atoms with Crippen molar-refractivity contribution in [3.63, 3.8) is 0 Å². The molecule has 0 bridgehead atoms. The van der Waals surface area contributed by atoms with Crippen molar-refractivity contribution in [1.29, 1.82) is 0 Å². The van der Waals surface area contributed by atoms with E-state index in [2.05, 4.69) is 41.3 Å². The summed E-state index contributed by atoms with van der Waals surface area (Å²) in [6.07, 6.45) is 3.07. The van der Waals surface area contributed by atoms with Gasteiger partial charge in [-0.05, 0) is 64.5 Å². The second kappa shape index (κ2) is 8.18. The molecule has 1 nitrogen and oxygen atoms in total. The normalized spacial score (nSPS) is 14.5. The van der Waals surface area contributed by atoms with Crippen molar-refractivity contribution in [2.24, 2.45) is 5.92 Å². The van der Waals surface area contributed by atoms with Crippen LogP contribution in [0.2, 0.25) is 0 Å². The molecule has 1 rings (SSSR count). The molecule has 0 heterocycles. The fourth-order valence-corrected chi connectivity index (χ4v) is 3.22. The predicted molar refractivity (Wildman–Crippen MR) is 82.8 cm³/mol. The third-order valence-electron chi connectivity index (χ3n) is 3.02. The van der Waals surface area contributed by atoms with E-state index in [1.807, 2.05) is 23.9 Å². The SMILES string of the molecule is CCNC(Cc1ccc(F)c(Br)c1)C(C)CSC. The Bertz CT molecular complexity index is 373. The van der Waals surface area contributed by atoms with Gasteiger partial charge in [0, 0.05) is 6.04 Å². The van der Waals surface area contributed by atoms with Gasteiger partial charge in [0.25, 0.3) is 0 Å². The lowest BCUT2D eigenvalue weighted by Crippen LogP contribution is -2.37. The van der Waals surface area contributed by atoms with Crippen LogP contribution in [0.4, 0.5) is 4.39 Å². The van der Waals surface area contributed by atoms with Gasteiger partial charge < -0.3 is 5.32 Å².